The Bertz CT molecular complexity index is 959. The van der Waals surface area contributed by atoms with Gasteiger partial charge in [0, 0.05) is 12.7 Å². The molecule has 3 aromatic carbocycles. The summed E-state index contributed by atoms with van der Waals surface area (Å²) in [6.07, 6.45) is 3.94. The van der Waals surface area contributed by atoms with Crippen molar-refractivity contribution in [2.45, 2.75) is 38.5 Å². The molecule has 1 amide bonds. The normalized spacial score (nSPS) is 14.2. The van der Waals surface area contributed by atoms with Crippen molar-refractivity contribution in [1.29, 1.82) is 0 Å². The van der Waals surface area contributed by atoms with Crippen LogP contribution < -0.4 is 4.90 Å². The first-order chi connectivity index (χ1) is 13.6. The molecule has 2 nitrogen and oxygen atoms in total. The monoisotopic (exact) mass is 369 g/mol. The van der Waals surface area contributed by atoms with Gasteiger partial charge in [-0.15, -0.1) is 0 Å². The number of hydrogen-bond acceptors (Lipinski definition) is 1. The van der Waals surface area contributed by atoms with Gasteiger partial charge in [-0.1, -0.05) is 66.7 Å². The van der Waals surface area contributed by atoms with E-state index in [4.69, 9.17) is 0 Å². The summed E-state index contributed by atoms with van der Waals surface area (Å²) in [7, 11) is 1.92. The standard InChI is InChI=1S/C26H27NO/c1-19(23-6-4-3-5-7-23)26(28)27(2)25-18-22-13-12-20-8-10-21(11-9-20)14-16-24(25)17-15-22/h3-11,15,17-19H,12-14,16H2,1-2H3. The summed E-state index contributed by atoms with van der Waals surface area (Å²) in [5, 5.41) is 0. The molecule has 4 bridgehead atoms. The minimum Gasteiger partial charge on any atom is -0.315 e. The number of nitrogens with zero attached hydrogens (tertiary/aromatic N) is 1. The van der Waals surface area contributed by atoms with Crippen molar-refractivity contribution in [3.63, 3.8) is 0 Å². The molecule has 0 heterocycles. The Kier molecular flexibility index (Phi) is 5.29. The van der Waals surface area contributed by atoms with Crippen LogP contribution in [0.5, 0.6) is 0 Å². The maximum Gasteiger partial charge on any atom is 0.233 e. The maximum atomic E-state index is 13.2. The average Bonchev–Trinajstić information content (AvgIpc) is 2.74. The third kappa shape index (κ3) is 3.87. The van der Waals surface area contributed by atoms with Crippen molar-refractivity contribution in [1.82, 2.24) is 0 Å². The topological polar surface area (TPSA) is 20.3 Å². The van der Waals surface area contributed by atoms with Crippen LogP contribution in [0, 0.1) is 0 Å². The van der Waals surface area contributed by atoms with Gasteiger partial charge in [0.05, 0.1) is 5.92 Å². The molecule has 4 aliphatic carbocycles. The molecular formula is C26H27NO. The van der Waals surface area contributed by atoms with Crippen LogP contribution in [-0.2, 0) is 30.5 Å². The van der Waals surface area contributed by atoms with Gasteiger partial charge in [-0.05, 0) is 66.5 Å². The molecule has 0 spiro atoms. The molecule has 142 valence electrons. The molecule has 1 atom stereocenters. The van der Waals surface area contributed by atoms with Crippen LogP contribution in [0.2, 0.25) is 0 Å². The lowest BCUT2D eigenvalue weighted by molar-refractivity contribution is -0.119. The van der Waals surface area contributed by atoms with Crippen molar-refractivity contribution in [2.75, 3.05) is 11.9 Å². The van der Waals surface area contributed by atoms with Crippen LogP contribution >= 0.6 is 0 Å². The number of rotatable bonds is 3. The fourth-order valence-corrected chi connectivity index (χ4v) is 4.02. The lowest BCUT2D eigenvalue weighted by Crippen LogP contribution is -2.31. The molecule has 2 heteroatoms. The third-order valence-corrected chi connectivity index (χ3v) is 5.92. The Labute approximate surface area is 167 Å². The largest absolute Gasteiger partial charge is 0.315 e. The van der Waals surface area contributed by atoms with Crippen LogP contribution in [0.4, 0.5) is 5.69 Å². The average molecular weight is 370 g/mol. The number of carbonyl (C=O) groups is 1. The minimum absolute atomic E-state index is 0.139. The van der Waals surface area contributed by atoms with Crippen molar-refractivity contribution in [3.05, 3.63) is 101 Å². The Hall–Kier alpha value is -2.87. The zero-order valence-corrected chi connectivity index (χ0v) is 16.7. The van der Waals surface area contributed by atoms with E-state index in [-0.39, 0.29) is 11.8 Å². The zero-order valence-electron chi connectivity index (χ0n) is 16.7. The van der Waals surface area contributed by atoms with Crippen LogP contribution in [0.25, 0.3) is 0 Å². The molecule has 0 fully saturated rings. The number of likely N-dealkylation sites (N-methyl/N-ethyl adjacent to an activating group) is 1. The number of benzene rings is 3. The molecule has 3 aromatic rings. The van der Waals surface area contributed by atoms with E-state index in [0.29, 0.717) is 0 Å². The molecule has 7 rings (SSSR count). The van der Waals surface area contributed by atoms with Gasteiger partial charge in [0.1, 0.15) is 0 Å². The van der Waals surface area contributed by atoms with Gasteiger partial charge in [0.15, 0.2) is 0 Å². The molecule has 0 saturated carbocycles. The van der Waals surface area contributed by atoms with Crippen molar-refractivity contribution < 1.29 is 4.79 Å². The summed E-state index contributed by atoms with van der Waals surface area (Å²) < 4.78 is 0. The maximum absolute atomic E-state index is 13.2. The molecule has 1 unspecified atom stereocenters. The molecule has 0 saturated heterocycles. The Morgan fingerprint density at radius 1 is 0.786 bits per heavy atom. The summed E-state index contributed by atoms with van der Waals surface area (Å²) in [6, 6.07) is 25.7. The molecule has 0 radical (unpaired) electrons. The van der Waals surface area contributed by atoms with E-state index in [9.17, 15) is 4.79 Å². The van der Waals surface area contributed by atoms with Crippen LogP contribution in [0.1, 0.15) is 40.7 Å². The van der Waals surface area contributed by atoms with E-state index in [0.717, 1.165) is 36.9 Å². The van der Waals surface area contributed by atoms with E-state index in [1.54, 1.807) is 0 Å². The third-order valence-electron chi connectivity index (χ3n) is 5.92. The van der Waals surface area contributed by atoms with Gasteiger partial charge in [-0.3, -0.25) is 4.79 Å². The molecule has 0 aliphatic heterocycles. The second kappa shape index (κ2) is 8.02. The first kappa shape index (κ1) is 18.5. The lowest BCUT2D eigenvalue weighted by Gasteiger charge is -2.25. The fourth-order valence-electron chi connectivity index (χ4n) is 4.02. The van der Waals surface area contributed by atoms with Crippen molar-refractivity contribution >= 4 is 11.6 Å². The Morgan fingerprint density at radius 2 is 1.36 bits per heavy atom. The summed E-state index contributed by atoms with van der Waals surface area (Å²) >= 11 is 0. The first-order valence-corrected chi connectivity index (χ1v) is 10.1. The number of amides is 1. The molecule has 4 aliphatic rings. The van der Waals surface area contributed by atoms with E-state index < -0.39 is 0 Å². The summed E-state index contributed by atoms with van der Waals surface area (Å²) in [5.74, 6) is -0.0200. The van der Waals surface area contributed by atoms with Crippen LogP contribution in [0.3, 0.4) is 0 Å². The summed E-state index contributed by atoms with van der Waals surface area (Å²) in [4.78, 5) is 15.1. The number of carbonyl (C=O) groups excluding carboxylic acids is 1. The Morgan fingerprint density at radius 3 is 2.04 bits per heavy atom. The highest BCUT2D eigenvalue weighted by molar-refractivity contribution is 5.98. The highest BCUT2D eigenvalue weighted by atomic mass is 16.2. The highest BCUT2D eigenvalue weighted by Gasteiger charge is 2.22. The molecule has 0 aromatic heterocycles. The smallest absolute Gasteiger partial charge is 0.233 e. The van der Waals surface area contributed by atoms with Gasteiger partial charge < -0.3 is 4.90 Å². The quantitative estimate of drug-likeness (QED) is 0.610. The van der Waals surface area contributed by atoms with Crippen LogP contribution in [0.15, 0.2) is 72.8 Å². The molecular weight excluding hydrogens is 342 g/mol. The van der Waals surface area contributed by atoms with Crippen molar-refractivity contribution in [2.24, 2.45) is 0 Å². The first-order valence-electron chi connectivity index (χ1n) is 10.1. The van der Waals surface area contributed by atoms with Crippen molar-refractivity contribution in [3.8, 4) is 0 Å². The van der Waals surface area contributed by atoms with E-state index >= 15 is 0 Å². The van der Waals surface area contributed by atoms with Gasteiger partial charge in [-0.2, -0.15) is 0 Å². The highest BCUT2D eigenvalue weighted by Crippen LogP contribution is 2.28. The second-order valence-corrected chi connectivity index (χ2v) is 7.81. The predicted octanol–water partition coefficient (Wildman–Crippen LogP) is 5.34. The summed E-state index contributed by atoms with van der Waals surface area (Å²) in [5.41, 5.74) is 7.37. The minimum atomic E-state index is -0.159. The SMILES string of the molecule is CC(C(=O)N(C)c1cc2ccc1CCc1ccc(cc1)CC2)c1ccccc1. The fraction of sp³-hybridized carbons (Fsp3) is 0.269. The van der Waals surface area contributed by atoms with Gasteiger partial charge in [-0.25, -0.2) is 0 Å². The zero-order chi connectivity index (χ0) is 19.5. The number of anilines is 1. The Balaban J connectivity index is 1.64. The van der Waals surface area contributed by atoms with E-state index in [1.807, 2.05) is 49.2 Å². The summed E-state index contributed by atoms with van der Waals surface area (Å²) in [6.45, 7) is 2.00. The van der Waals surface area contributed by atoms with E-state index in [2.05, 4.69) is 42.5 Å². The van der Waals surface area contributed by atoms with Gasteiger partial charge in [0.2, 0.25) is 5.91 Å². The number of hydrogen-bond donors (Lipinski definition) is 0. The van der Waals surface area contributed by atoms with Gasteiger partial charge in [0.25, 0.3) is 0 Å². The lowest BCUT2D eigenvalue weighted by atomic mass is 9.94. The second-order valence-electron chi connectivity index (χ2n) is 7.81. The van der Waals surface area contributed by atoms with E-state index in [1.165, 1.54) is 22.3 Å². The molecule has 28 heavy (non-hydrogen) atoms. The predicted molar refractivity (Wildman–Crippen MR) is 116 cm³/mol. The van der Waals surface area contributed by atoms with Crippen LogP contribution in [-0.4, -0.2) is 13.0 Å². The number of aryl methyl sites for hydroxylation is 4. The molecule has 0 N–H and O–H groups in total. The van der Waals surface area contributed by atoms with Gasteiger partial charge >= 0.3 is 0 Å².